The van der Waals surface area contributed by atoms with Crippen LogP contribution < -0.4 is 0 Å². The minimum absolute atomic E-state index is 0.0736. The van der Waals surface area contributed by atoms with Gasteiger partial charge in [-0.1, -0.05) is 20.8 Å². The molecule has 0 aliphatic carbocycles. The lowest BCUT2D eigenvalue weighted by Gasteiger charge is -2.39. The van der Waals surface area contributed by atoms with Gasteiger partial charge >= 0.3 is 5.97 Å². The van der Waals surface area contributed by atoms with E-state index in [1.807, 2.05) is 0 Å². The summed E-state index contributed by atoms with van der Waals surface area (Å²) in [6, 6.07) is 0. The largest absolute Gasteiger partial charge is 0.481 e. The lowest BCUT2D eigenvalue weighted by Crippen LogP contribution is -2.47. The van der Waals surface area contributed by atoms with E-state index in [1.165, 1.54) is 0 Å². The third-order valence-corrected chi connectivity index (χ3v) is 8.81. The lowest BCUT2D eigenvalue weighted by atomic mass is 10.2. The highest BCUT2D eigenvalue weighted by Gasteiger charge is 2.38. The zero-order valence-electron chi connectivity index (χ0n) is 15.3. The number of hydrogen-bond donors (Lipinski definition) is 2. The number of aliphatic hydroxyl groups is 1. The predicted octanol–water partition coefficient (Wildman–Crippen LogP) is 2.94. The van der Waals surface area contributed by atoms with Crippen molar-refractivity contribution in [2.45, 2.75) is 77.8 Å². The predicted molar refractivity (Wildman–Crippen MR) is 92.7 cm³/mol. The molecule has 2 N–H and O–H groups in total. The summed E-state index contributed by atoms with van der Waals surface area (Å²) in [5.74, 6) is -0.775. The van der Waals surface area contributed by atoms with Crippen LogP contribution in [-0.4, -0.2) is 61.2 Å². The molecule has 0 saturated heterocycles. The van der Waals surface area contributed by atoms with E-state index in [-0.39, 0.29) is 17.6 Å². The maximum absolute atomic E-state index is 10.6. The fourth-order valence-corrected chi connectivity index (χ4v) is 3.60. The molecule has 0 aromatic rings. The molecule has 0 aliphatic rings. The molecule has 0 rings (SSSR count). The molecule has 0 aromatic heterocycles. The summed E-state index contributed by atoms with van der Waals surface area (Å²) >= 11 is 0. The number of hydrogen-bond acceptors (Lipinski definition) is 4. The molecule has 5 nitrogen and oxygen atoms in total. The first kappa shape index (κ1) is 21.6. The highest BCUT2D eigenvalue weighted by atomic mass is 28.4. The van der Waals surface area contributed by atoms with Gasteiger partial charge in [0.05, 0.1) is 12.2 Å². The van der Waals surface area contributed by atoms with E-state index < -0.39 is 20.4 Å². The number of rotatable bonds is 10. The maximum atomic E-state index is 10.6. The van der Waals surface area contributed by atoms with Crippen molar-refractivity contribution >= 4 is 14.3 Å². The highest BCUT2D eigenvalue weighted by molar-refractivity contribution is 6.74. The molecule has 0 aromatic carbocycles. The van der Waals surface area contributed by atoms with Crippen molar-refractivity contribution in [3.05, 3.63) is 0 Å². The summed E-state index contributed by atoms with van der Waals surface area (Å²) < 4.78 is 6.34. The number of aliphatic hydroxyl groups excluding tert-OH is 1. The first-order chi connectivity index (χ1) is 9.85. The van der Waals surface area contributed by atoms with Crippen LogP contribution in [0.25, 0.3) is 0 Å². The van der Waals surface area contributed by atoms with Gasteiger partial charge in [-0.3, -0.25) is 9.69 Å². The highest BCUT2D eigenvalue weighted by Crippen LogP contribution is 2.37. The monoisotopic (exact) mass is 333 g/mol. The Balaban J connectivity index is 4.54. The van der Waals surface area contributed by atoms with Crippen molar-refractivity contribution in [3.63, 3.8) is 0 Å². The van der Waals surface area contributed by atoms with Crippen LogP contribution in [0, 0.1) is 0 Å². The van der Waals surface area contributed by atoms with Crippen LogP contribution >= 0.6 is 0 Å². The Hall–Kier alpha value is -0.433. The van der Waals surface area contributed by atoms with Crippen molar-refractivity contribution in [1.29, 1.82) is 0 Å². The molecule has 0 aliphatic heterocycles. The second-order valence-corrected chi connectivity index (χ2v) is 12.6. The number of carboxylic acid groups (broad SMARTS) is 1. The number of carboxylic acids is 1. The van der Waals surface area contributed by atoms with Gasteiger partial charge in [0.15, 0.2) is 8.32 Å². The van der Waals surface area contributed by atoms with Crippen molar-refractivity contribution in [2.24, 2.45) is 0 Å². The molecule has 0 bridgehead atoms. The van der Waals surface area contributed by atoms with Crippen LogP contribution in [-0.2, 0) is 9.22 Å². The Morgan fingerprint density at radius 1 is 1.23 bits per heavy atom. The summed E-state index contributed by atoms with van der Waals surface area (Å²) in [5, 5.41) is 18.5. The average Bonchev–Trinajstić information content (AvgIpc) is 2.24. The number of aliphatic carboxylic acids is 1. The summed E-state index contributed by atoms with van der Waals surface area (Å²) in [6.45, 7) is 16.9. The molecular formula is C16H35NO4Si. The summed E-state index contributed by atoms with van der Waals surface area (Å²) in [5.41, 5.74) is 0. The average molecular weight is 334 g/mol. The molecule has 6 heteroatoms. The number of carbonyl (C=O) groups is 1. The van der Waals surface area contributed by atoms with Crippen molar-refractivity contribution in [3.8, 4) is 0 Å². The fraction of sp³-hybridized carbons (Fsp3) is 0.938. The Morgan fingerprint density at radius 2 is 1.77 bits per heavy atom. The zero-order chi connectivity index (χ0) is 17.6. The van der Waals surface area contributed by atoms with Crippen LogP contribution in [0.15, 0.2) is 0 Å². The lowest BCUT2D eigenvalue weighted by molar-refractivity contribution is -0.137. The molecule has 22 heavy (non-hydrogen) atoms. The van der Waals surface area contributed by atoms with Gasteiger partial charge < -0.3 is 14.6 Å². The van der Waals surface area contributed by atoms with Crippen LogP contribution in [0.5, 0.6) is 0 Å². The van der Waals surface area contributed by atoms with Crippen LogP contribution in [0.2, 0.25) is 18.1 Å². The van der Waals surface area contributed by atoms with Crippen molar-refractivity contribution in [2.75, 3.05) is 19.6 Å². The quantitative estimate of drug-likeness (QED) is 0.602. The van der Waals surface area contributed by atoms with Crippen molar-refractivity contribution < 1.29 is 19.4 Å². The minimum atomic E-state index is -1.81. The molecule has 0 spiro atoms. The van der Waals surface area contributed by atoms with E-state index in [0.29, 0.717) is 19.5 Å². The Bertz CT molecular complexity index is 340. The molecule has 0 amide bonds. The van der Waals surface area contributed by atoms with Gasteiger partial charge in [-0.25, -0.2) is 0 Å². The minimum Gasteiger partial charge on any atom is -0.481 e. The topological polar surface area (TPSA) is 70.0 Å². The molecule has 0 heterocycles. The van der Waals surface area contributed by atoms with E-state index in [9.17, 15) is 9.90 Å². The van der Waals surface area contributed by atoms with Gasteiger partial charge in [0.2, 0.25) is 0 Å². The molecular weight excluding hydrogens is 298 g/mol. The Morgan fingerprint density at radius 3 is 2.18 bits per heavy atom. The summed E-state index contributed by atoms with van der Waals surface area (Å²) in [4.78, 5) is 12.7. The smallest absolute Gasteiger partial charge is 0.303 e. The van der Waals surface area contributed by atoms with Gasteiger partial charge in [-0.2, -0.15) is 0 Å². The first-order valence-corrected chi connectivity index (χ1v) is 11.1. The normalized spacial score (nSPS) is 15.9. The van der Waals surface area contributed by atoms with E-state index in [1.54, 1.807) is 6.92 Å². The van der Waals surface area contributed by atoms with E-state index in [0.717, 1.165) is 6.54 Å². The molecule has 0 fully saturated rings. The van der Waals surface area contributed by atoms with Crippen LogP contribution in [0.4, 0.5) is 0 Å². The van der Waals surface area contributed by atoms with E-state index in [2.05, 4.69) is 45.7 Å². The second kappa shape index (κ2) is 9.01. The standard InChI is InChI=1S/C16H35NO4Si/c1-13(18)11-17(10-8-9-15(19)20)12-14(2)21-22(6,7)16(3,4)5/h13-14,18H,8-12H2,1-7H3,(H,19,20)/t13-,14-/m1/s1. The first-order valence-electron chi connectivity index (χ1n) is 8.15. The molecule has 0 unspecified atom stereocenters. The van der Waals surface area contributed by atoms with Gasteiger partial charge in [-0.05, 0) is 44.9 Å². The van der Waals surface area contributed by atoms with E-state index >= 15 is 0 Å². The SMILES string of the molecule is C[C@H](CN(CCCC(=O)O)C[C@@H](C)O)O[Si](C)(C)C(C)(C)C. The van der Waals surface area contributed by atoms with Crippen LogP contribution in [0.1, 0.15) is 47.5 Å². The van der Waals surface area contributed by atoms with Gasteiger partial charge in [0.25, 0.3) is 0 Å². The summed E-state index contributed by atoms with van der Waals surface area (Å²) in [7, 11) is -1.81. The maximum Gasteiger partial charge on any atom is 0.303 e. The van der Waals surface area contributed by atoms with Crippen LogP contribution in [0.3, 0.4) is 0 Å². The third-order valence-electron chi connectivity index (χ3n) is 4.20. The Kier molecular flexibility index (Phi) is 8.83. The fourth-order valence-electron chi connectivity index (χ4n) is 2.17. The second-order valence-electron chi connectivity index (χ2n) is 7.79. The molecule has 2 atom stereocenters. The third kappa shape index (κ3) is 8.88. The molecule has 0 radical (unpaired) electrons. The van der Waals surface area contributed by atoms with Gasteiger partial charge in [0, 0.05) is 19.5 Å². The zero-order valence-corrected chi connectivity index (χ0v) is 16.3. The van der Waals surface area contributed by atoms with E-state index in [4.69, 9.17) is 9.53 Å². The number of nitrogens with zero attached hydrogens (tertiary/aromatic N) is 1. The molecule has 0 saturated carbocycles. The van der Waals surface area contributed by atoms with Gasteiger partial charge in [0.1, 0.15) is 0 Å². The molecule has 132 valence electrons. The summed E-state index contributed by atoms with van der Waals surface area (Å²) in [6.07, 6.45) is 0.400. The van der Waals surface area contributed by atoms with Gasteiger partial charge in [-0.15, -0.1) is 0 Å². The van der Waals surface area contributed by atoms with Crippen molar-refractivity contribution in [1.82, 2.24) is 4.90 Å². The Labute approximate surface area is 136 Å².